The Morgan fingerprint density at radius 2 is 1.88 bits per heavy atom. The zero-order valence-corrected chi connectivity index (χ0v) is 10.7. The number of furan rings is 1. The van der Waals surface area contributed by atoms with Crippen LogP contribution >= 0.6 is 0 Å². The third-order valence-corrected chi connectivity index (χ3v) is 2.58. The van der Waals surface area contributed by atoms with Crippen LogP contribution in [0.1, 0.15) is 44.4 Å². The number of fused-ring (bicyclic) bond motifs is 1. The van der Waals surface area contributed by atoms with Crippen LogP contribution in [0.5, 0.6) is 0 Å². The summed E-state index contributed by atoms with van der Waals surface area (Å²) in [5.74, 6) is 0. The van der Waals surface area contributed by atoms with E-state index in [0.29, 0.717) is 0 Å². The third-order valence-electron chi connectivity index (χ3n) is 2.58. The molecule has 0 atom stereocenters. The highest BCUT2D eigenvalue weighted by atomic mass is 16.3. The standard InChI is InChI=1S/C9H9NO.C5H12/c1-6-5-10-7(2)9-8(6)3-4-11-9;1-3-5-4-2/h3-5H,1-2H3;3-5H2,1-2H3. The van der Waals surface area contributed by atoms with Gasteiger partial charge in [-0.05, 0) is 25.5 Å². The average Bonchev–Trinajstić information content (AvgIpc) is 2.76. The van der Waals surface area contributed by atoms with Gasteiger partial charge in [-0.15, -0.1) is 0 Å². The van der Waals surface area contributed by atoms with Crippen molar-refractivity contribution >= 4 is 11.0 Å². The van der Waals surface area contributed by atoms with Gasteiger partial charge in [0.05, 0.1) is 12.0 Å². The molecule has 0 spiro atoms. The van der Waals surface area contributed by atoms with Crippen molar-refractivity contribution in [1.29, 1.82) is 0 Å². The summed E-state index contributed by atoms with van der Waals surface area (Å²) in [6, 6.07) is 1.97. The molecule has 88 valence electrons. The van der Waals surface area contributed by atoms with E-state index < -0.39 is 0 Å². The second-order valence-corrected chi connectivity index (χ2v) is 4.04. The molecule has 0 bridgehead atoms. The molecule has 0 aliphatic carbocycles. The lowest BCUT2D eigenvalue weighted by Gasteiger charge is -1.95. The quantitative estimate of drug-likeness (QED) is 0.735. The van der Waals surface area contributed by atoms with Gasteiger partial charge in [0.1, 0.15) is 0 Å². The van der Waals surface area contributed by atoms with E-state index in [1.165, 1.54) is 24.8 Å². The van der Waals surface area contributed by atoms with Crippen LogP contribution in [-0.4, -0.2) is 4.98 Å². The minimum absolute atomic E-state index is 0.907. The normalized spacial score (nSPS) is 10.0. The lowest BCUT2D eigenvalue weighted by Crippen LogP contribution is -1.82. The predicted molar refractivity (Wildman–Crippen MR) is 68.7 cm³/mol. The zero-order valence-electron chi connectivity index (χ0n) is 10.7. The van der Waals surface area contributed by atoms with Crippen LogP contribution in [0.4, 0.5) is 0 Å². The van der Waals surface area contributed by atoms with Crippen molar-refractivity contribution in [1.82, 2.24) is 4.98 Å². The minimum Gasteiger partial charge on any atom is -0.462 e. The molecule has 0 saturated carbocycles. The highest BCUT2D eigenvalue weighted by Crippen LogP contribution is 2.20. The summed E-state index contributed by atoms with van der Waals surface area (Å²) in [7, 11) is 0. The first-order chi connectivity index (χ1) is 7.70. The van der Waals surface area contributed by atoms with E-state index >= 15 is 0 Å². The van der Waals surface area contributed by atoms with Gasteiger partial charge in [-0.2, -0.15) is 0 Å². The van der Waals surface area contributed by atoms with Gasteiger partial charge in [-0.1, -0.05) is 33.1 Å². The summed E-state index contributed by atoms with van der Waals surface area (Å²) >= 11 is 0. The fraction of sp³-hybridized carbons (Fsp3) is 0.500. The van der Waals surface area contributed by atoms with Crippen molar-refractivity contribution in [2.45, 2.75) is 47.0 Å². The van der Waals surface area contributed by atoms with E-state index in [2.05, 4.69) is 18.8 Å². The third kappa shape index (κ3) is 3.09. The molecule has 2 rings (SSSR count). The van der Waals surface area contributed by atoms with E-state index in [1.807, 2.05) is 26.1 Å². The van der Waals surface area contributed by atoms with Crippen molar-refractivity contribution in [2.24, 2.45) is 0 Å². The summed E-state index contributed by atoms with van der Waals surface area (Å²) < 4.78 is 5.27. The van der Waals surface area contributed by atoms with Crippen molar-refractivity contribution < 1.29 is 4.42 Å². The molecule has 2 aromatic heterocycles. The first kappa shape index (κ1) is 12.8. The molecule has 0 aromatic carbocycles. The zero-order chi connectivity index (χ0) is 12.0. The fourth-order valence-corrected chi connectivity index (χ4v) is 1.58. The molecule has 0 unspecified atom stereocenters. The maximum Gasteiger partial charge on any atom is 0.155 e. The molecule has 0 radical (unpaired) electrons. The molecular formula is C14H21NO. The highest BCUT2D eigenvalue weighted by molar-refractivity contribution is 5.81. The number of unbranched alkanes of at least 4 members (excludes halogenated alkanes) is 2. The van der Waals surface area contributed by atoms with Gasteiger partial charge in [0.15, 0.2) is 5.58 Å². The summed E-state index contributed by atoms with van der Waals surface area (Å²) in [4.78, 5) is 4.19. The minimum atomic E-state index is 0.907. The number of aromatic nitrogens is 1. The van der Waals surface area contributed by atoms with Gasteiger partial charge < -0.3 is 4.42 Å². The van der Waals surface area contributed by atoms with Crippen LogP contribution in [0.3, 0.4) is 0 Å². The summed E-state index contributed by atoms with van der Waals surface area (Å²) in [5, 5.41) is 1.16. The topological polar surface area (TPSA) is 26.0 Å². The predicted octanol–water partition coefficient (Wildman–Crippen LogP) is 4.64. The van der Waals surface area contributed by atoms with Crippen LogP contribution in [-0.2, 0) is 0 Å². The molecule has 2 heteroatoms. The number of hydrogen-bond donors (Lipinski definition) is 0. The number of aryl methyl sites for hydroxylation is 2. The molecule has 0 aliphatic rings. The van der Waals surface area contributed by atoms with Crippen LogP contribution in [0.2, 0.25) is 0 Å². The van der Waals surface area contributed by atoms with E-state index in [-0.39, 0.29) is 0 Å². The molecule has 0 amide bonds. The molecule has 0 aliphatic heterocycles. The lowest BCUT2D eigenvalue weighted by molar-refractivity contribution is 0.611. The Bertz CT molecular complexity index is 393. The van der Waals surface area contributed by atoms with Gasteiger partial charge >= 0.3 is 0 Å². The number of hydrogen-bond acceptors (Lipinski definition) is 2. The molecule has 2 nitrogen and oxygen atoms in total. The van der Waals surface area contributed by atoms with Crippen molar-refractivity contribution in [3.05, 3.63) is 29.8 Å². The van der Waals surface area contributed by atoms with Crippen LogP contribution in [0.25, 0.3) is 11.0 Å². The maximum absolute atomic E-state index is 5.27. The van der Waals surface area contributed by atoms with Crippen molar-refractivity contribution in [2.75, 3.05) is 0 Å². The summed E-state index contributed by atoms with van der Waals surface area (Å²) in [6.07, 6.45) is 7.65. The van der Waals surface area contributed by atoms with Crippen LogP contribution in [0, 0.1) is 13.8 Å². The molecule has 16 heavy (non-hydrogen) atoms. The Kier molecular flexibility index (Phi) is 5.03. The van der Waals surface area contributed by atoms with Gasteiger partial charge in [0.2, 0.25) is 0 Å². The van der Waals surface area contributed by atoms with Crippen molar-refractivity contribution in [3.8, 4) is 0 Å². The molecule has 2 aromatic rings. The maximum atomic E-state index is 5.27. The van der Waals surface area contributed by atoms with Crippen LogP contribution < -0.4 is 0 Å². The van der Waals surface area contributed by atoms with E-state index in [9.17, 15) is 0 Å². The molecule has 0 saturated heterocycles. The van der Waals surface area contributed by atoms with Gasteiger partial charge in [0, 0.05) is 11.6 Å². The molecule has 2 heterocycles. The second-order valence-electron chi connectivity index (χ2n) is 4.04. The largest absolute Gasteiger partial charge is 0.462 e. The Balaban J connectivity index is 0.000000221. The number of nitrogens with zero attached hydrogens (tertiary/aromatic N) is 1. The molecular weight excluding hydrogens is 198 g/mol. The second kappa shape index (κ2) is 6.31. The molecule has 0 fully saturated rings. The molecule has 0 N–H and O–H groups in total. The van der Waals surface area contributed by atoms with Crippen LogP contribution in [0.15, 0.2) is 22.9 Å². The lowest BCUT2D eigenvalue weighted by atomic mass is 10.2. The van der Waals surface area contributed by atoms with E-state index in [0.717, 1.165) is 16.7 Å². The SMILES string of the molecule is CCCCC.Cc1cnc(C)c2occc12. The first-order valence-electron chi connectivity index (χ1n) is 6.00. The number of pyridine rings is 1. The monoisotopic (exact) mass is 219 g/mol. The fourth-order valence-electron chi connectivity index (χ4n) is 1.58. The Morgan fingerprint density at radius 1 is 1.19 bits per heavy atom. The number of rotatable bonds is 2. The van der Waals surface area contributed by atoms with Gasteiger partial charge in [-0.3, -0.25) is 4.98 Å². The Morgan fingerprint density at radius 3 is 2.38 bits per heavy atom. The highest BCUT2D eigenvalue weighted by Gasteiger charge is 2.02. The van der Waals surface area contributed by atoms with E-state index in [4.69, 9.17) is 4.42 Å². The Hall–Kier alpha value is -1.31. The summed E-state index contributed by atoms with van der Waals surface area (Å²) in [6.45, 7) is 8.41. The van der Waals surface area contributed by atoms with Gasteiger partial charge in [0.25, 0.3) is 0 Å². The Labute approximate surface area is 97.7 Å². The van der Waals surface area contributed by atoms with Gasteiger partial charge in [-0.25, -0.2) is 0 Å². The summed E-state index contributed by atoms with van der Waals surface area (Å²) in [5.41, 5.74) is 3.03. The van der Waals surface area contributed by atoms with E-state index in [1.54, 1.807) is 6.26 Å². The smallest absolute Gasteiger partial charge is 0.155 e. The average molecular weight is 219 g/mol. The van der Waals surface area contributed by atoms with Crippen molar-refractivity contribution in [3.63, 3.8) is 0 Å². The first-order valence-corrected chi connectivity index (χ1v) is 6.00.